The molecule has 0 spiro atoms. The van der Waals surface area contributed by atoms with Gasteiger partial charge in [0.05, 0.1) is 6.42 Å². The Kier molecular flexibility index (Phi) is 4.93. The number of hydrazine groups is 1. The largest absolute Gasteiger partial charge is 0.296 e. The summed E-state index contributed by atoms with van der Waals surface area (Å²) in [6.07, 6.45) is 4.15. The van der Waals surface area contributed by atoms with Gasteiger partial charge in [-0.2, -0.15) is 0 Å². The molecule has 4 heteroatoms. The van der Waals surface area contributed by atoms with Crippen molar-refractivity contribution in [2.75, 3.05) is 6.54 Å². The molecule has 0 bridgehead atoms. The Labute approximate surface area is 114 Å². The Balaban J connectivity index is 2.07. The van der Waals surface area contributed by atoms with Crippen LogP contribution < -0.4 is 11.3 Å². The molecule has 0 aliphatic heterocycles. The van der Waals surface area contributed by atoms with Crippen LogP contribution in [0.3, 0.4) is 0 Å². The standard InChI is InChI=1S/C15H23N3O/c1-2-9-18(14-7-8-14)11-13-6-4-3-5-12(13)10-15(19)17-16/h3-6,14H,2,7-11,16H2,1H3,(H,17,19). The molecule has 0 aromatic heterocycles. The fourth-order valence-corrected chi connectivity index (χ4v) is 2.44. The van der Waals surface area contributed by atoms with Gasteiger partial charge < -0.3 is 0 Å². The minimum Gasteiger partial charge on any atom is -0.296 e. The van der Waals surface area contributed by atoms with Crippen molar-refractivity contribution >= 4 is 5.91 Å². The molecule has 3 N–H and O–H groups in total. The van der Waals surface area contributed by atoms with Gasteiger partial charge in [-0.15, -0.1) is 0 Å². The number of benzene rings is 1. The highest BCUT2D eigenvalue weighted by Gasteiger charge is 2.28. The van der Waals surface area contributed by atoms with Gasteiger partial charge in [-0.25, -0.2) is 5.84 Å². The first kappa shape index (κ1) is 14.0. The molecular weight excluding hydrogens is 238 g/mol. The molecule has 4 nitrogen and oxygen atoms in total. The summed E-state index contributed by atoms with van der Waals surface area (Å²) in [6, 6.07) is 8.89. The van der Waals surface area contributed by atoms with E-state index in [4.69, 9.17) is 5.84 Å². The van der Waals surface area contributed by atoms with Gasteiger partial charge in [-0.1, -0.05) is 31.2 Å². The molecule has 1 aromatic carbocycles. The first-order chi connectivity index (χ1) is 9.24. The van der Waals surface area contributed by atoms with Crippen molar-refractivity contribution in [3.8, 4) is 0 Å². The molecule has 1 aliphatic carbocycles. The second-order valence-corrected chi connectivity index (χ2v) is 5.21. The van der Waals surface area contributed by atoms with E-state index < -0.39 is 0 Å². The van der Waals surface area contributed by atoms with Gasteiger partial charge in [-0.3, -0.25) is 15.1 Å². The smallest absolute Gasteiger partial charge is 0.238 e. The number of nitrogens with two attached hydrogens (primary N) is 1. The van der Waals surface area contributed by atoms with Crippen molar-refractivity contribution in [3.05, 3.63) is 35.4 Å². The van der Waals surface area contributed by atoms with Crippen LogP contribution >= 0.6 is 0 Å². The monoisotopic (exact) mass is 261 g/mol. The summed E-state index contributed by atoms with van der Waals surface area (Å²) in [5.41, 5.74) is 4.52. The van der Waals surface area contributed by atoms with Crippen molar-refractivity contribution in [2.24, 2.45) is 5.84 Å². The molecule has 0 atom stereocenters. The predicted octanol–water partition coefficient (Wildman–Crippen LogP) is 1.59. The quantitative estimate of drug-likeness (QED) is 0.445. The van der Waals surface area contributed by atoms with E-state index in [1.165, 1.54) is 24.8 Å². The van der Waals surface area contributed by atoms with E-state index in [2.05, 4.69) is 23.3 Å². The third-order valence-electron chi connectivity index (χ3n) is 3.58. The first-order valence-corrected chi connectivity index (χ1v) is 7.05. The molecule has 1 amide bonds. The third kappa shape index (κ3) is 4.04. The highest BCUT2D eigenvalue weighted by molar-refractivity contribution is 5.78. The fourth-order valence-electron chi connectivity index (χ4n) is 2.44. The SMILES string of the molecule is CCCN(Cc1ccccc1CC(=O)NN)C1CC1. The molecule has 1 saturated carbocycles. The van der Waals surface area contributed by atoms with Crippen LogP contribution in [-0.4, -0.2) is 23.4 Å². The van der Waals surface area contributed by atoms with E-state index >= 15 is 0 Å². The van der Waals surface area contributed by atoms with E-state index in [9.17, 15) is 4.79 Å². The fraction of sp³-hybridized carbons (Fsp3) is 0.533. The van der Waals surface area contributed by atoms with Gasteiger partial charge in [0.1, 0.15) is 0 Å². The lowest BCUT2D eigenvalue weighted by molar-refractivity contribution is -0.120. The van der Waals surface area contributed by atoms with Gasteiger partial charge in [0.2, 0.25) is 5.91 Å². The van der Waals surface area contributed by atoms with E-state index in [-0.39, 0.29) is 5.91 Å². The maximum Gasteiger partial charge on any atom is 0.238 e. The average molecular weight is 261 g/mol. The molecule has 19 heavy (non-hydrogen) atoms. The van der Waals surface area contributed by atoms with Crippen LogP contribution in [0.4, 0.5) is 0 Å². The van der Waals surface area contributed by atoms with Crippen LogP contribution in [0.1, 0.15) is 37.3 Å². The number of nitrogens with zero attached hydrogens (tertiary/aromatic N) is 1. The van der Waals surface area contributed by atoms with Crippen LogP contribution in [0.2, 0.25) is 0 Å². The van der Waals surface area contributed by atoms with E-state index in [1.807, 2.05) is 18.2 Å². The Bertz CT molecular complexity index is 429. The number of nitrogens with one attached hydrogen (secondary N) is 1. The van der Waals surface area contributed by atoms with Crippen molar-refractivity contribution < 1.29 is 4.79 Å². The maximum absolute atomic E-state index is 11.4. The summed E-state index contributed by atoms with van der Waals surface area (Å²) in [4.78, 5) is 14.0. The molecule has 1 fully saturated rings. The summed E-state index contributed by atoms with van der Waals surface area (Å²) in [5.74, 6) is 5.03. The summed E-state index contributed by atoms with van der Waals surface area (Å²) >= 11 is 0. The molecule has 2 rings (SSSR count). The van der Waals surface area contributed by atoms with Crippen molar-refractivity contribution in [2.45, 2.75) is 45.2 Å². The second kappa shape index (κ2) is 6.68. The highest BCUT2D eigenvalue weighted by atomic mass is 16.2. The van der Waals surface area contributed by atoms with Gasteiger partial charge in [-0.05, 0) is 36.9 Å². The summed E-state index contributed by atoms with van der Waals surface area (Å²) in [6.45, 7) is 4.28. The molecule has 0 heterocycles. The average Bonchev–Trinajstić information content (AvgIpc) is 3.24. The van der Waals surface area contributed by atoms with Crippen LogP contribution in [-0.2, 0) is 17.8 Å². The lowest BCUT2D eigenvalue weighted by Gasteiger charge is -2.22. The molecule has 0 unspecified atom stereocenters. The normalized spacial score (nSPS) is 14.7. The van der Waals surface area contributed by atoms with Crippen molar-refractivity contribution in [3.63, 3.8) is 0 Å². The molecule has 1 aromatic rings. The maximum atomic E-state index is 11.4. The van der Waals surface area contributed by atoms with Crippen LogP contribution in [0.5, 0.6) is 0 Å². The minimum absolute atomic E-state index is 0.138. The number of hydrogen-bond donors (Lipinski definition) is 2. The summed E-state index contributed by atoms with van der Waals surface area (Å²) in [7, 11) is 0. The van der Waals surface area contributed by atoms with Crippen LogP contribution in [0, 0.1) is 0 Å². The minimum atomic E-state index is -0.138. The third-order valence-corrected chi connectivity index (χ3v) is 3.58. The van der Waals surface area contributed by atoms with E-state index in [1.54, 1.807) is 0 Å². The number of carbonyl (C=O) groups excluding carboxylic acids is 1. The molecular formula is C15H23N3O. The van der Waals surface area contributed by atoms with E-state index in [0.29, 0.717) is 6.42 Å². The Morgan fingerprint density at radius 3 is 2.63 bits per heavy atom. The zero-order valence-corrected chi connectivity index (χ0v) is 11.6. The highest BCUT2D eigenvalue weighted by Crippen LogP contribution is 2.29. The van der Waals surface area contributed by atoms with E-state index in [0.717, 1.165) is 24.7 Å². The number of carbonyl (C=O) groups is 1. The zero-order valence-electron chi connectivity index (χ0n) is 11.6. The van der Waals surface area contributed by atoms with Crippen molar-refractivity contribution in [1.29, 1.82) is 0 Å². The number of rotatable bonds is 7. The van der Waals surface area contributed by atoms with Crippen molar-refractivity contribution in [1.82, 2.24) is 10.3 Å². The summed E-state index contributed by atoms with van der Waals surface area (Å²) in [5, 5.41) is 0. The predicted molar refractivity (Wildman–Crippen MR) is 76.2 cm³/mol. The molecule has 104 valence electrons. The topological polar surface area (TPSA) is 58.4 Å². The van der Waals surface area contributed by atoms with Crippen LogP contribution in [0.25, 0.3) is 0 Å². The van der Waals surface area contributed by atoms with Crippen LogP contribution in [0.15, 0.2) is 24.3 Å². The Morgan fingerprint density at radius 1 is 1.37 bits per heavy atom. The lowest BCUT2D eigenvalue weighted by atomic mass is 10.0. The molecule has 0 saturated heterocycles. The molecule has 1 aliphatic rings. The Morgan fingerprint density at radius 2 is 2.05 bits per heavy atom. The van der Waals surface area contributed by atoms with Gasteiger partial charge in [0.25, 0.3) is 0 Å². The van der Waals surface area contributed by atoms with Gasteiger partial charge in [0.15, 0.2) is 0 Å². The number of amides is 1. The van der Waals surface area contributed by atoms with Gasteiger partial charge in [0, 0.05) is 12.6 Å². The summed E-state index contributed by atoms with van der Waals surface area (Å²) < 4.78 is 0. The first-order valence-electron chi connectivity index (χ1n) is 7.05. The van der Waals surface area contributed by atoms with Gasteiger partial charge >= 0.3 is 0 Å². The molecule has 0 radical (unpaired) electrons. The lowest BCUT2D eigenvalue weighted by Crippen LogP contribution is -2.32. The zero-order chi connectivity index (χ0) is 13.7. The Hall–Kier alpha value is -1.39. The second-order valence-electron chi connectivity index (χ2n) is 5.21. The number of hydrogen-bond acceptors (Lipinski definition) is 3.